The van der Waals surface area contributed by atoms with Crippen molar-refractivity contribution in [2.24, 2.45) is 0 Å². The van der Waals surface area contributed by atoms with Gasteiger partial charge in [-0.15, -0.1) is 0 Å². The Bertz CT molecular complexity index is 74.9. The normalized spacial score (nSPS) is 5.44. The van der Waals surface area contributed by atoms with E-state index in [1.807, 2.05) is 0 Å². The van der Waals surface area contributed by atoms with Gasteiger partial charge < -0.3 is 20.1 Å². The van der Waals surface area contributed by atoms with Crippen molar-refractivity contribution < 1.29 is 77.7 Å². The van der Waals surface area contributed by atoms with Crippen LogP contribution in [-0.4, -0.2) is 17.2 Å². The molecule has 0 aromatic rings. The van der Waals surface area contributed by atoms with Gasteiger partial charge in [-0.2, -0.15) is 0 Å². The van der Waals surface area contributed by atoms with Crippen molar-refractivity contribution in [3.63, 3.8) is 0 Å². The fraction of sp³-hybridized carbons (Fsp3) is 0.333. The van der Waals surface area contributed by atoms with Gasteiger partial charge in [0.1, 0.15) is 0 Å². The minimum atomic E-state index is -2.33. The van der Waals surface area contributed by atoms with Crippen LogP contribution in [0.2, 0.25) is 0 Å². The van der Waals surface area contributed by atoms with Crippen LogP contribution in [-0.2, 0) is 4.79 Å². The number of carbonyl (C=O) groups excluding carboxylic acids is 1. The molecule has 48 valence electrons. The molecule has 0 fully saturated rings. The Balaban J connectivity index is -0.0000000300. The quantitative estimate of drug-likeness (QED) is 0.357. The molecular formula is C3H5KO5. The van der Waals surface area contributed by atoms with E-state index in [9.17, 15) is 0 Å². The third-order valence-electron chi connectivity index (χ3n) is 0. The van der Waals surface area contributed by atoms with Crippen molar-refractivity contribution in [1.82, 2.24) is 0 Å². The minimum Gasteiger partial charge on any atom is -0.652 e. The number of carboxylic acids is 1. The van der Waals surface area contributed by atoms with Gasteiger partial charge in [0.2, 0.25) is 0 Å². The van der Waals surface area contributed by atoms with E-state index < -0.39 is 12.1 Å². The standard InChI is InChI=1S/C2H4O2.CH2O3.K/c1-2(3)4;2-1(3)4;/h1H3,(H,3,4);(H2,2,3,4);/q;;+1/p-1. The van der Waals surface area contributed by atoms with E-state index in [1.165, 1.54) is 0 Å². The zero-order valence-electron chi connectivity index (χ0n) is 6.08. The second-order valence-corrected chi connectivity index (χ2v) is 0.769. The Labute approximate surface area is 95.6 Å². The molecule has 0 radical (unpaired) electrons. The van der Waals surface area contributed by atoms with E-state index >= 15 is 0 Å². The van der Waals surface area contributed by atoms with Crippen molar-refractivity contribution in [3.05, 3.63) is 0 Å². The average molecular weight is 160 g/mol. The van der Waals surface area contributed by atoms with Crippen LogP contribution >= 0.6 is 0 Å². The van der Waals surface area contributed by atoms with E-state index in [0.29, 0.717) is 0 Å². The number of hydrogen-bond donors (Lipinski definition) is 1. The summed E-state index contributed by atoms with van der Waals surface area (Å²) in [5.74, 6) is -0.833. The molecule has 0 rings (SSSR count). The van der Waals surface area contributed by atoms with Crippen molar-refractivity contribution in [2.75, 3.05) is 0 Å². The van der Waals surface area contributed by atoms with Gasteiger partial charge in [0.15, 0.2) is 0 Å². The van der Waals surface area contributed by atoms with Crippen molar-refractivity contribution in [3.8, 4) is 0 Å². The number of carbonyl (C=O) groups is 2. The first kappa shape index (κ1) is 16.2. The second-order valence-electron chi connectivity index (χ2n) is 0.769. The van der Waals surface area contributed by atoms with Crippen LogP contribution in [0.25, 0.3) is 0 Å². The van der Waals surface area contributed by atoms with Gasteiger partial charge in [-0.3, -0.25) is 4.79 Å². The maximum atomic E-state index is 9.00. The molecule has 0 amide bonds. The third kappa shape index (κ3) is 2400. The zero-order chi connectivity index (χ0) is 7.15. The molecule has 0 aliphatic rings. The van der Waals surface area contributed by atoms with Gasteiger partial charge in [0.25, 0.3) is 5.97 Å². The molecular weight excluding hydrogens is 155 g/mol. The van der Waals surface area contributed by atoms with Crippen LogP contribution in [0.5, 0.6) is 0 Å². The topological polar surface area (TPSA) is 100 Å². The van der Waals surface area contributed by atoms with Gasteiger partial charge in [-0.25, -0.2) is 0 Å². The van der Waals surface area contributed by atoms with Crippen LogP contribution in [0.1, 0.15) is 8.35 Å². The fourth-order valence-electron chi connectivity index (χ4n) is 0. The van der Waals surface area contributed by atoms with Crippen molar-refractivity contribution in [1.29, 1.82) is 0 Å². The first-order chi connectivity index (χ1) is 3.46. The van der Waals surface area contributed by atoms with Crippen molar-refractivity contribution >= 4 is 12.1 Å². The molecule has 0 saturated heterocycles. The SMILES string of the molecule is CC(=O)O.O=C([O-])[O-].[H+].[K+]. The maximum absolute atomic E-state index is 9.00. The molecule has 1 N–H and O–H groups in total. The largest absolute Gasteiger partial charge is 1.00 e. The van der Waals surface area contributed by atoms with Crippen molar-refractivity contribution in [2.45, 2.75) is 6.92 Å². The minimum absolute atomic E-state index is 0. The summed E-state index contributed by atoms with van der Waals surface area (Å²) in [7, 11) is 0. The van der Waals surface area contributed by atoms with Crippen LogP contribution in [0.15, 0.2) is 0 Å². The predicted octanol–water partition coefficient (Wildman–Crippen LogP) is -5.24. The van der Waals surface area contributed by atoms with Crippen LogP contribution in [0.4, 0.5) is 4.79 Å². The number of hydrogen-bond acceptors (Lipinski definition) is 4. The first-order valence-corrected chi connectivity index (χ1v) is 1.54. The monoisotopic (exact) mass is 160 g/mol. The summed E-state index contributed by atoms with van der Waals surface area (Å²) in [6.07, 6.45) is -2.33. The molecule has 5 nitrogen and oxygen atoms in total. The summed E-state index contributed by atoms with van der Waals surface area (Å²) < 4.78 is 0. The molecule has 0 aromatic carbocycles. The summed E-state index contributed by atoms with van der Waals surface area (Å²) in [6, 6.07) is 0. The molecule has 0 aliphatic heterocycles. The molecule has 0 spiro atoms. The van der Waals surface area contributed by atoms with Crippen LogP contribution in [0, 0.1) is 0 Å². The Morgan fingerprint density at radius 1 is 1.44 bits per heavy atom. The smallest absolute Gasteiger partial charge is 0.652 e. The molecule has 0 atom stereocenters. The molecule has 9 heavy (non-hydrogen) atoms. The third-order valence-corrected chi connectivity index (χ3v) is 0. The van der Waals surface area contributed by atoms with Gasteiger partial charge in [0.05, 0.1) is 0 Å². The van der Waals surface area contributed by atoms with Gasteiger partial charge >= 0.3 is 52.8 Å². The van der Waals surface area contributed by atoms with Gasteiger partial charge in [-0.1, -0.05) is 0 Å². The number of aliphatic carboxylic acids is 1. The Hall–Kier alpha value is 0.376. The van der Waals surface area contributed by atoms with E-state index in [2.05, 4.69) is 0 Å². The van der Waals surface area contributed by atoms with E-state index in [0.717, 1.165) is 6.92 Å². The Kier molecular flexibility index (Phi) is 20.2. The van der Waals surface area contributed by atoms with Gasteiger partial charge in [-0.05, 0) is 6.16 Å². The zero-order valence-corrected chi connectivity index (χ0v) is 8.20. The van der Waals surface area contributed by atoms with Gasteiger partial charge in [0, 0.05) is 6.92 Å². The molecule has 0 aliphatic carbocycles. The fourth-order valence-corrected chi connectivity index (χ4v) is 0. The Morgan fingerprint density at radius 2 is 1.44 bits per heavy atom. The molecule has 6 heteroatoms. The molecule has 0 aromatic heterocycles. The number of carboxylic acid groups (broad SMARTS) is 3. The summed E-state index contributed by atoms with van der Waals surface area (Å²) in [5, 5.41) is 24.1. The summed E-state index contributed by atoms with van der Waals surface area (Å²) in [5.41, 5.74) is 0. The maximum Gasteiger partial charge on any atom is 1.00 e. The second kappa shape index (κ2) is 11.2. The summed E-state index contributed by atoms with van der Waals surface area (Å²) in [4.78, 5) is 17.3. The molecule has 0 heterocycles. The Morgan fingerprint density at radius 3 is 1.44 bits per heavy atom. The predicted molar refractivity (Wildman–Crippen MR) is 19.8 cm³/mol. The number of rotatable bonds is 0. The molecule has 0 bridgehead atoms. The van der Waals surface area contributed by atoms with E-state index in [-0.39, 0.29) is 52.8 Å². The van der Waals surface area contributed by atoms with E-state index in [1.54, 1.807) is 0 Å². The summed E-state index contributed by atoms with van der Waals surface area (Å²) >= 11 is 0. The average Bonchev–Trinajstić information content (AvgIpc) is 1.25. The van der Waals surface area contributed by atoms with Crippen LogP contribution < -0.4 is 61.6 Å². The van der Waals surface area contributed by atoms with E-state index in [4.69, 9.17) is 24.9 Å². The van der Waals surface area contributed by atoms with Crippen LogP contribution in [0.3, 0.4) is 0 Å². The molecule has 0 unspecified atom stereocenters. The summed E-state index contributed by atoms with van der Waals surface area (Å²) in [6.45, 7) is 1.08. The first-order valence-electron chi connectivity index (χ1n) is 1.54. The molecule has 0 saturated carbocycles.